The minimum Gasteiger partial charge on any atom is -0.358 e. The summed E-state index contributed by atoms with van der Waals surface area (Å²) in [6.45, 7) is 12.6. The van der Waals surface area contributed by atoms with Crippen LogP contribution in [0.5, 0.6) is 0 Å². The van der Waals surface area contributed by atoms with Crippen molar-refractivity contribution < 1.29 is 4.74 Å². The zero-order valence-corrected chi connectivity index (χ0v) is 13.1. The van der Waals surface area contributed by atoms with Crippen LogP contribution >= 0.6 is 11.3 Å². The van der Waals surface area contributed by atoms with E-state index in [2.05, 4.69) is 41.5 Å². The van der Waals surface area contributed by atoms with Gasteiger partial charge >= 0.3 is 0 Å². The molecule has 0 aliphatic carbocycles. The molecule has 2 rings (SSSR count). The fourth-order valence-corrected chi connectivity index (χ4v) is 4.13. The predicted molar refractivity (Wildman–Crippen MR) is 75.7 cm³/mol. The van der Waals surface area contributed by atoms with Crippen LogP contribution in [0.1, 0.15) is 70.0 Å². The van der Waals surface area contributed by atoms with Crippen molar-refractivity contribution in [2.75, 3.05) is 0 Å². The van der Waals surface area contributed by atoms with Crippen LogP contribution in [-0.2, 0) is 21.5 Å². The van der Waals surface area contributed by atoms with Gasteiger partial charge in [-0.25, -0.2) is 4.98 Å². The first-order valence-corrected chi connectivity index (χ1v) is 7.49. The Morgan fingerprint density at radius 2 is 1.72 bits per heavy atom. The Hall–Kier alpha value is -0.450. The molecule has 1 aliphatic rings. The molecule has 0 unspecified atom stereocenters. The van der Waals surface area contributed by atoms with E-state index in [4.69, 9.17) is 15.5 Å². The lowest BCUT2D eigenvalue weighted by atomic mass is 9.95. The molecule has 18 heavy (non-hydrogen) atoms. The molecular weight excluding hydrogens is 244 g/mol. The molecule has 0 amide bonds. The number of ether oxygens (including phenoxy) is 1. The van der Waals surface area contributed by atoms with E-state index in [1.165, 1.54) is 4.88 Å². The van der Waals surface area contributed by atoms with Crippen molar-refractivity contribution in [1.82, 2.24) is 4.98 Å². The van der Waals surface area contributed by atoms with Crippen LogP contribution in [0.2, 0.25) is 0 Å². The second-order valence-electron chi connectivity index (χ2n) is 6.18. The van der Waals surface area contributed by atoms with Gasteiger partial charge in [-0.05, 0) is 40.5 Å². The zero-order chi connectivity index (χ0) is 13.8. The molecule has 4 heteroatoms. The van der Waals surface area contributed by atoms with Crippen LogP contribution < -0.4 is 5.73 Å². The van der Waals surface area contributed by atoms with Crippen molar-refractivity contribution in [2.45, 2.75) is 71.1 Å². The third kappa shape index (κ3) is 1.91. The highest BCUT2D eigenvalue weighted by Crippen LogP contribution is 2.50. The Morgan fingerprint density at radius 1 is 1.17 bits per heavy atom. The summed E-state index contributed by atoms with van der Waals surface area (Å²) in [5.74, 6) is 0. The molecule has 102 valence electrons. The van der Waals surface area contributed by atoms with Crippen molar-refractivity contribution in [3.63, 3.8) is 0 Å². The zero-order valence-electron chi connectivity index (χ0n) is 12.3. The molecule has 0 atom stereocenters. The fourth-order valence-electron chi connectivity index (χ4n) is 2.63. The normalized spacial score (nSPS) is 21.1. The van der Waals surface area contributed by atoms with Gasteiger partial charge in [0, 0.05) is 0 Å². The SMILES string of the molecule is CCC(N)(CC)c1nc2c(s1)C(C)(C)OC2(C)C. The number of nitrogens with zero attached hydrogens (tertiary/aromatic N) is 1. The van der Waals surface area contributed by atoms with Gasteiger partial charge in [0.25, 0.3) is 0 Å². The summed E-state index contributed by atoms with van der Waals surface area (Å²) in [6.07, 6.45) is 1.83. The first kappa shape index (κ1) is 14.0. The Morgan fingerprint density at radius 3 is 2.17 bits per heavy atom. The van der Waals surface area contributed by atoms with Crippen LogP contribution in [0.15, 0.2) is 0 Å². The number of hydrogen-bond donors (Lipinski definition) is 1. The second-order valence-corrected chi connectivity index (χ2v) is 7.18. The first-order chi connectivity index (χ1) is 8.16. The van der Waals surface area contributed by atoms with Crippen molar-refractivity contribution in [2.24, 2.45) is 5.73 Å². The maximum atomic E-state index is 6.46. The van der Waals surface area contributed by atoms with Crippen molar-refractivity contribution in [1.29, 1.82) is 0 Å². The molecule has 3 nitrogen and oxygen atoms in total. The Bertz CT molecular complexity index is 427. The maximum Gasteiger partial charge on any atom is 0.113 e. The van der Waals surface area contributed by atoms with Gasteiger partial charge in [0.2, 0.25) is 0 Å². The van der Waals surface area contributed by atoms with Gasteiger partial charge in [-0.3, -0.25) is 0 Å². The van der Waals surface area contributed by atoms with Crippen LogP contribution in [0.25, 0.3) is 0 Å². The van der Waals surface area contributed by atoms with Crippen LogP contribution in [0.4, 0.5) is 0 Å². The summed E-state index contributed by atoms with van der Waals surface area (Å²) in [5, 5.41) is 1.06. The van der Waals surface area contributed by atoms with E-state index < -0.39 is 0 Å². The molecule has 0 saturated carbocycles. The monoisotopic (exact) mass is 268 g/mol. The first-order valence-electron chi connectivity index (χ1n) is 6.67. The van der Waals surface area contributed by atoms with Crippen molar-refractivity contribution in [3.8, 4) is 0 Å². The highest BCUT2D eigenvalue weighted by Gasteiger charge is 2.47. The Balaban J connectivity index is 2.54. The smallest absolute Gasteiger partial charge is 0.113 e. The molecule has 0 radical (unpaired) electrons. The lowest BCUT2D eigenvalue weighted by Gasteiger charge is -2.27. The van der Waals surface area contributed by atoms with Gasteiger partial charge in [0.15, 0.2) is 0 Å². The van der Waals surface area contributed by atoms with E-state index in [1.807, 2.05) is 0 Å². The summed E-state index contributed by atoms with van der Waals surface area (Å²) in [4.78, 5) is 6.06. The number of rotatable bonds is 3. The molecular formula is C14H24N2OS. The largest absolute Gasteiger partial charge is 0.358 e. The van der Waals surface area contributed by atoms with E-state index >= 15 is 0 Å². The van der Waals surface area contributed by atoms with Gasteiger partial charge in [-0.2, -0.15) is 0 Å². The molecule has 0 aromatic carbocycles. The molecule has 0 bridgehead atoms. The van der Waals surface area contributed by atoms with Crippen LogP contribution in [0, 0.1) is 0 Å². The average molecular weight is 268 g/mol. The number of hydrogen-bond acceptors (Lipinski definition) is 4. The van der Waals surface area contributed by atoms with E-state index in [1.54, 1.807) is 11.3 Å². The van der Waals surface area contributed by atoms with Gasteiger partial charge in [0.05, 0.1) is 21.7 Å². The summed E-state index contributed by atoms with van der Waals surface area (Å²) in [7, 11) is 0. The van der Waals surface area contributed by atoms with Crippen molar-refractivity contribution >= 4 is 11.3 Å². The Labute approximate surface area is 114 Å². The van der Waals surface area contributed by atoms with E-state index in [9.17, 15) is 0 Å². The molecule has 1 aromatic rings. The lowest BCUT2D eigenvalue weighted by molar-refractivity contribution is -0.105. The number of fused-ring (bicyclic) bond motifs is 1. The van der Waals surface area contributed by atoms with E-state index in [0.29, 0.717) is 0 Å². The standard InChI is InChI=1S/C14H24N2OS/c1-7-14(15,8-2)11-16-9-10(18-11)13(5,6)17-12(9,3)4/h7-8,15H2,1-6H3. The maximum absolute atomic E-state index is 6.46. The van der Waals surface area contributed by atoms with Crippen molar-refractivity contribution in [3.05, 3.63) is 15.6 Å². The van der Waals surface area contributed by atoms with Crippen LogP contribution in [0.3, 0.4) is 0 Å². The summed E-state index contributed by atoms with van der Waals surface area (Å²) < 4.78 is 6.09. The Kier molecular flexibility index (Phi) is 3.12. The summed E-state index contributed by atoms with van der Waals surface area (Å²) in [6, 6.07) is 0. The third-order valence-corrected chi connectivity index (χ3v) is 5.52. The topological polar surface area (TPSA) is 48.1 Å². The molecule has 2 heterocycles. The van der Waals surface area contributed by atoms with Gasteiger partial charge in [0.1, 0.15) is 10.6 Å². The van der Waals surface area contributed by atoms with E-state index in [0.717, 1.165) is 23.5 Å². The molecule has 1 aliphatic heterocycles. The highest BCUT2D eigenvalue weighted by atomic mass is 32.1. The molecule has 0 spiro atoms. The lowest BCUT2D eigenvalue weighted by Crippen LogP contribution is -2.35. The van der Waals surface area contributed by atoms with Gasteiger partial charge in [-0.15, -0.1) is 11.3 Å². The van der Waals surface area contributed by atoms with E-state index in [-0.39, 0.29) is 16.7 Å². The second kappa shape index (κ2) is 4.02. The minimum atomic E-state index is -0.310. The van der Waals surface area contributed by atoms with Crippen LogP contribution in [-0.4, -0.2) is 4.98 Å². The predicted octanol–water partition coefficient (Wildman–Crippen LogP) is 3.62. The molecule has 0 fully saturated rings. The minimum absolute atomic E-state index is 0.253. The highest BCUT2D eigenvalue weighted by molar-refractivity contribution is 7.12. The number of aromatic nitrogens is 1. The molecule has 0 saturated heterocycles. The average Bonchev–Trinajstić information content (AvgIpc) is 2.78. The number of thiazole rings is 1. The fraction of sp³-hybridized carbons (Fsp3) is 0.786. The summed E-state index contributed by atoms with van der Waals surface area (Å²) >= 11 is 1.73. The summed E-state index contributed by atoms with van der Waals surface area (Å²) in [5.41, 5.74) is 6.68. The molecule has 2 N–H and O–H groups in total. The van der Waals surface area contributed by atoms with Gasteiger partial charge < -0.3 is 10.5 Å². The quantitative estimate of drug-likeness (QED) is 0.911. The number of nitrogens with two attached hydrogens (primary N) is 1. The third-order valence-electron chi connectivity index (χ3n) is 3.94. The van der Waals surface area contributed by atoms with Gasteiger partial charge in [-0.1, -0.05) is 13.8 Å². The molecule has 1 aromatic heterocycles.